The van der Waals surface area contributed by atoms with Crippen LogP contribution in [0, 0.1) is 0 Å². The van der Waals surface area contributed by atoms with E-state index in [0.717, 1.165) is 0 Å². The van der Waals surface area contributed by atoms with Crippen molar-refractivity contribution >= 4 is 43.6 Å². The topological polar surface area (TPSA) is 9.86 Å². The second-order valence-electron chi connectivity index (χ2n) is 20.8. The molecule has 2 heteroatoms. The van der Waals surface area contributed by atoms with Crippen molar-refractivity contribution in [2.24, 2.45) is 0 Å². The predicted octanol–water partition coefficient (Wildman–Crippen LogP) is 19.0. The third kappa shape index (κ3) is 7.40. The van der Waals surface area contributed by atoms with Crippen LogP contribution in [0.5, 0.6) is 0 Å². The molecule has 2 aromatic heterocycles. The van der Waals surface area contributed by atoms with E-state index in [1.807, 2.05) is 0 Å². The normalized spacial score (nSPS) is 12.6. The number of benzene rings is 12. The highest BCUT2D eigenvalue weighted by Gasteiger charge is 2.46. The molecule has 0 saturated heterocycles. The lowest BCUT2D eigenvalue weighted by Crippen LogP contribution is -2.29. The summed E-state index contributed by atoms with van der Waals surface area (Å²) in [5.41, 5.74) is 24.4. The standard InChI is InChI=1S/C75H52N2/c1-5-21-53(22-6-1)57-35-39-71-65(45-57)66-46-58(54-23-7-2-8-24-54)36-40-72(66)76(71)49-51-19-17-29-61(43-51)75(69-33-15-13-31-63(69)64-32-14-16-34-70(64)75)62-30-18-20-52(44-62)50-77-73-41-37-59(55-25-9-3-10-26-55)47-67(73)68-48-60(38-42-74(68)77)56-27-11-4-12-28-56/h1-48H,49-50H2. The quantitative estimate of drug-likeness (QED) is 0.129. The van der Waals surface area contributed by atoms with Crippen LogP contribution in [0.3, 0.4) is 0 Å². The zero-order valence-corrected chi connectivity index (χ0v) is 42.5. The fraction of sp³-hybridized carbons (Fsp3) is 0.0400. The van der Waals surface area contributed by atoms with Crippen molar-refractivity contribution < 1.29 is 0 Å². The summed E-state index contributed by atoms with van der Waals surface area (Å²) < 4.78 is 5.07. The number of aromatic nitrogens is 2. The summed E-state index contributed by atoms with van der Waals surface area (Å²) in [4.78, 5) is 0. The molecule has 362 valence electrons. The van der Waals surface area contributed by atoms with Gasteiger partial charge in [-0.25, -0.2) is 0 Å². The molecule has 0 bridgehead atoms. The highest BCUT2D eigenvalue weighted by Crippen LogP contribution is 2.56. The minimum absolute atomic E-state index is 0.578. The zero-order valence-electron chi connectivity index (χ0n) is 42.5. The van der Waals surface area contributed by atoms with Crippen molar-refractivity contribution in [3.63, 3.8) is 0 Å². The Morgan fingerprint density at radius 1 is 0.234 bits per heavy atom. The molecule has 0 unspecified atom stereocenters. The fourth-order valence-corrected chi connectivity index (χ4v) is 13.0. The summed E-state index contributed by atoms with van der Waals surface area (Å²) in [6.45, 7) is 1.43. The van der Waals surface area contributed by atoms with Crippen LogP contribution < -0.4 is 0 Å². The van der Waals surface area contributed by atoms with E-state index < -0.39 is 5.41 Å². The Morgan fingerprint density at radius 2 is 0.532 bits per heavy atom. The zero-order chi connectivity index (χ0) is 50.9. The third-order valence-electron chi connectivity index (χ3n) is 16.5. The van der Waals surface area contributed by atoms with Gasteiger partial charge >= 0.3 is 0 Å². The molecule has 14 aromatic rings. The van der Waals surface area contributed by atoms with Crippen molar-refractivity contribution in [1.82, 2.24) is 9.13 Å². The molecular weight excluding hydrogens is 929 g/mol. The Bertz CT molecular complexity index is 4060. The first kappa shape index (κ1) is 44.7. The Balaban J connectivity index is 0.880. The van der Waals surface area contributed by atoms with Crippen molar-refractivity contribution in [1.29, 1.82) is 0 Å². The molecule has 2 heterocycles. The first-order valence-electron chi connectivity index (χ1n) is 26.9. The molecule has 12 aromatic carbocycles. The molecule has 0 atom stereocenters. The molecule has 2 nitrogen and oxygen atoms in total. The first-order valence-corrected chi connectivity index (χ1v) is 26.9. The van der Waals surface area contributed by atoms with Gasteiger partial charge in [-0.1, -0.05) is 243 Å². The SMILES string of the molecule is c1ccc(-c2ccc3c(c2)c2cc(-c4ccccc4)ccc2n3Cc2cccc(C3(c4cccc(Cn5c6ccc(-c7ccccc7)cc6c6cc(-c7ccccc7)ccc65)c4)c4ccccc4-c4ccccc43)c2)cc1. The number of hydrogen-bond donors (Lipinski definition) is 0. The third-order valence-corrected chi connectivity index (χ3v) is 16.5. The van der Waals surface area contributed by atoms with Crippen LogP contribution >= 0.6 is 0 Å². The number of rotatable bonds is 10. The number of nitrogens with zero attached hydrogens (tertiary/aromatic N) is 2. The maximum Gasteiger partial charge on any atom is 0.0713 e. The lowest BCUT2D eigenvalue weighted by Gasteiger charge is -2.34. The summed E-state index contributed by atoms with van der Waals surface area (Å²) in [6, 6.07) is 108. The molecule has 0 fully saturated rings. The molecular formula is C75H52N2. The summed E-state index contributed by atoms with van der Waals surface area (Å²) in [5, 5.41) is 5.05. The minimum atomic E-state index is -0.578. The van der Waals surface area contributed by atoms with Crippen LogP contribution in [0.1, 0.15) is 33.4 Å². The Morgan fingerprint density at radius 3 is 0.857 bits per heavy atom. The fourth-order valence-electron chi connectivity index (χ4n) is 13.0. The smallest absolute Gasteiger partial charge is 0.0713 e. The van der Waals surface area contributed by atoms with Crippen LogP contribution in [0.2, 0.25) is 0 Å². The predicted molar refractivity (Wildman–Crippen MR) is 323 cm³/mol. The van der Waals surface area contributed by atoms with Gasteiger partial charge < -0.3 is 9.13 Å². The summed E-state index contributed by atoms with van der Waals surface area (Å²) >= 11 is 0. The molecule has 0 spiro atoms. The van der Waals surface area contributed by atoms with Gasteiger partial charge in [-0.05, 0) is 138 Å². The van der Waals surface area contributed by atoms with Gasteiger partial charge in [0.1, 0.15) is 0 Å². The van der Waals surface area contributed by atoms with Gasteiger partial charge in [0.05, 0.1) is 5.41 Å². The largest absolute Gasteiger partial charge is 0.336 e. The van der Waals surface area contributed by atoms with E-state index >= 15 is 0 Å². The van der Waals surface area contributed by atoms with Crippen LogP contribution in [0.4, 0.5) is 0 Å². The van der Waals surface area contributed by atoms with Crippen molar-refractivity contribution in [2.75, 3.05) is 0 Å². The molecule has 0 aliphatic heterocycles. The molecule has 0 amide bonds. The summed E-state index contributed by atoms with van der Waals surface area (Å²) in [5.74, 6) is 0. The van der Waals surface area contributed by atoms with Gasteiger partial charge in [0.15, 0.2) is 0 Å². The van der Waals surface area contributed by atoms with Gasteiger partial charge in [0.2, 0.25) is 0 Å². The molecule has 15 rings (SSSR count). The van der Waals surface area contributed by atoms with Gasteiger partial charge in [-0.15, -0.1) is 0 Å². The van der Waals surface area contributed by atoms with Gasteiger partial charge in [-0.2, -0.15) is 0 Å². The maximum atomic E-state index is 2.54. The molecule has 77 heavy (non-hydrogen) atoms. The monoisotopic (exact) mass is 980 g/mol. The summed E-state index contributed by atoms with van der Waals surface area (Å²) in [6.07, 6.45) is 0. The van der Waals surface area contributed by atoms with E-state index in [-0.39, 0.29) is 0 Å². The second-order valence-corrected chi connectivity index (χ2v) is 20.8. The minimum Gasteiger partial charge on any atom is -0.336 e. The summed E-state index contributed by atoms with van der Waals surface area (Å²) in [7, 11) is 0. The van der Waals surface area contributed by atoms with Crippen molar-refractivity contribution in [2.45, 2.75) is 18.5 Å². The second kappa shape index (κ2) is 18.3. The Kier molecular flexibility index (Phi) is 10.6. The molecule has 1 aliphatic carbocycles. The first-order chi connectivity index (χ1) is 38.2. The Labute approximate surface area is 449 Å². The molecule has 0 N–H and O–H groups in total. The van der Waals surface area contributed by atoms with Gasteiger partial charge in [0.25, 0.3) is 0 Å². The van der Waals surface area contributed by atoms with E-state index in [0.29, 0.717) is 13.1 Å². The van der Waals surface area contributed by atoms with E-state index in [1.54, 1.807) is 0 Å². The Hall–Kier alpha value is -9.76. The lowest BCUT2D eigenvalue weighted by atomic mass is 9.67. The molecule has 1 aliphatic rings. The van der Waals surface area contributed by atoms with Crippen LogP contribution in [0.25, 0.3) is 99.2 Å². The van der Waals surface area contributed by atoms with E-state index in [2.05, 4.69) is 300 Å². The number of fused-ring (bicyclic) bond motifs is 9. The van der Waals surface area contributed by atoms with E-state index in [1.165, 1.54) is 133 Å². The lowest BCUT2D eigenvalue weighted by molar-refractivity contribution is 0.757. The maximum absolute atomic E-state index is 2.54. The molecule has 0 radical (unpaired) electrons. The van der Waals surface area contributed by atoms with Gasteiger partial charge in [-0.3, -0.25) is 0 Å². The van der Waals surface area contributed by atoms with Crippen molar-refractivity contribution in [3.8, 4) is 55.6 Å². The van der Waals surface area contributed by atoms with E-state index in [4.69, 9.17) is 0 Å². The highest BCUT2D eigenvalue weighted by atomic mass is 15.0. The van der Waals surface area contributed by atoms with E-state index in [9.17, 15) is 0 Å². The molecule has 0 saturated carbocycles. The average molecular weight is 981 g/mol. The van der Waals surface area contributed by atoms with Crippen LogP contribution in [0.15, 0.2) is 291 Å². The number of hydrogen-bond acceptors (Lipinski definition) is 0. The van der Waals surface area contributed by atoms with Gasteiger partial charge in [0, 0.05) is 56.7 Å². The van der Waals surface area contributed by atoms with Crippen LogP contribution in [-0.4, -0.2) is 9.13 Å². The highest BCUT2D eigenvalue weighted by molar-refractivity contribution is 6.12. The van der Waals surface area contributed by atoms with Crippen LogP contribution in [-0.2, 0) is 18.5 Å². The van der Waals surface area contributed by atoms with Crippen molar-refractivity contribution in [3.05, 3.63) is 325 Å². The average Bonchev–Trinajstić information content (AvgIpc) is 4.29.